The summed E-state index contributed by atoms with van der Waals surface area (Å²) in [5.41, 5.74) is 0. The van der Waals surface area contributed by atoms with Crippen LogP contribution in [0.25, 0.3) is 0 Å². The first-order valence-electron chi connectivity index (χ1n) is 23.1. The van der Waals surface area contributed by atoms with E-state index in [9.17, 15) is 44.0 Å². The van der Waals surface area contributed by atoms with Crippen molar-refractivity contribution in [3.05, 3.63) is 24.3 Å². The number of rotatable bonds is 39. The number of hydrogen-bond acceptors (Lipinski definition) is 13. The zero-order chi connectivity index (χ0) is 46.2. The average molecular weight is 929 g/mol. The van der Waals surface area contributed by atoms with Crippen LogP contribution >= 0.6 is 15.6 Å². The predicted octanol–water partition coefficient (Wildman–Crippen LogP) is 8.13. The van der Waals surface area contributed by atoms with Gasteiger partial charge in [0.2, 0.25) is 0 Å². The molecule has 0 bridgehead atoms. The van der Waals surface area contributed by atoms with Gasteiger partial charge in [-0.3, -0.25) is 23.2 Å². The van der Waals surface area contributed by atoms with Crippen LogP contribution in [0.15, 0.2) is 24.3 Å². The Hall–Kier alpha value is -1.52. The van der Waals surface area contributed by atoms with Crippen LogP contribution in [-0.4, -0.2) is 104 Å². The molecule has 1 aliphatic rings. The molecule has 0 spiro atoms. The van der Waals surface area contributed by atoms with Gasteiger partial charge in [0.15, 0.2) is 6.10 Å². The molecule has 0 radical (unpaired) electrons. The highest BCUT2D eigenvalue weighted by molar-refractivity contribution is 7.47. The van der Waals surface area contributed by atoms with E-state index in [1.807, 2.05) is 18.2 Å². The fourth-order valence-electron chi connectivity index (χ4n) is 7.23. The third kappa shape index (κ3) is 32.2. The lowest BCUT2D eigenvalue weighted by atomic mass is 9.89. The zero-order valence-corrected chi connectivity index (χ0v) is 39.5. The number of esters is 2. The van der Waals surface area contributed by atoms with Gasteiger partial charge in [-0.05, 0) is 43.9 Å². The van der Waals surface area contributed by atoms with Crippen molar-refractivity contribution in [1.29, 1.82) is 0 Å². The second-order valence-corrected chi connectivity index (χ2v) is 19.8. The van der Waals surface area contributed by atoms with Gasteiger partial charge >= 0.3 is 27.6 Å². The van der Waals surface area contributed by atoms with Crippen LogP contribution in [0.4, 0.5) is 0 Å². The normalized spacial score (nSPS) is 20.8. The van der Waals surface area contributed by atoms with Crippen molar-refractivity contribution < 1.29 is 76.9 Å². The Kier molecular flexibility index (Phi) is 32.8. The molecule has 1 saturated carbocycles. The first kappa shape index (κ1) is 58.5. The maximum absolute atomic E-state index is 12.7. The van der Waals surface area contributed by atoms with E-state index in [0.29, 0.717) is 32.1 Å². The van der Waals surface area contributed by atoms with Crippen molar-refractivity contribution in [3.8, 4) is 0 Å². The fourth-order valence-corrected chi connectivity index (χ4v) is 8.39. The molecular formula is C44H82O16P2. The van der Waals surface area contributed by atoms with Gasteiger partial charge in [-0.15, -0.1) is 0 Å². The Balaban J connectivity index is 2.55. The third-order valence-electron chi connectivity index (χ3n) is 10.8. The van der Waals surface area contributed by atoms with Crippen molar-refractivity contribution in [2.75, 3.05) is 26.4 Å². The van der Waals surface area contributed by atoms with E-state index in [1.54, 1.807) is 6.08 Å². The van der Waals surface area contributed by atoms with Crippen LogP contribution < -0.4 is 0 Å². The second-order valence-electron chi connectivity index (χ2n) is 17.1. The summed E-state index contributed by atoms with van der Waals surface area (Å²) in [4.78, 5) is 53.0. The summed E-state index contributed by atoms with van der Waals surface area (Å²) in [6.07, 6.45) is 22.7. The monoisotopic (exact) mass is 929 g/mol. The van der Waals surface area contributed by atoms with E-state index in [4.69, 9.17) is 23.8 Å². The molecule has 0 amide bonds. The maximum Gasteiger partial charge on any atom is 0.472 e. The van der Waals surface area contributed by atoms with Gasteiger partial charge in [0.1, 0.15) is 12.7 Å². The van der Waals surface area contributed by atoms with Crippen molar-refractivity contribution in [3.63, 3.8) is 0 Å². The lowest BCUT2D eigenvalue weighted by Crippen LogP contribution is -2.30. The molecule has 0 aromatic heterocycles. The number of carbonyl (C=O) groups is 2. The van der Waals surface area contributed by atoms with Crippen molar-refractivity contribution in [2.45, 2.75) is 199 Å². The Morgan fingerprint density at radius 3 is 1.85 bits per heavy atom. The zero-order valence-electron chi connectivity index (χ0n) is 37.7. The smallest absolute Gasteiger partial charge is 0.462 e. The van der Waals surface area contributed by atoms with E-state index in [2.05, 4.69) is 29.8 Å². The fraction of sp³-hybridized carbons (Fsp3) is 0.864. The Bertz CT molecular complexity index is 1320. The number of carbonyl (C=O) groups excluding carboxylic acids is 2. The molecule has 1 aliphatic carbocycles. The molecule has 1 fully saturated rings. The van der Waals surface area contributed by atoms with Crippen LogP contribution in [0.2, 0.25) is 0 Å². The first-order valence-corrected chi connectivity index (χ1v) is 26.2. The lowest BCUT2D eigenvalue weighted by molar-refractivity contribution is -0.161. The number of hydrogen-bond donors (Lipinski definition) is 7. The minimum Gasteiger partial charge on any atom is -0.462 e. The number of phosphoric acid groups is 2. The molecule has 16 nitrogen and oxygen atoms in total. The quantitative estimate of drug-likeness (QED) is 0.0133. The summed E-state index contributed by atoms with van der Waals surface area (Å²) < 4.78 is 47.8. The molecule has 0 heterocycles. The molecule has 364 valence electrons. The number of allylic oxidation sites excluding steroid dienone is 2. The second kappa shape index (κ2) is 34.8. The summed E-state index contributed by atoms with van der Waals surface area (Å²) in [5.74, 6) is -0.925. The largest absolute Gasteiger partial charge is 0.472 e. The highest BCUT2D eigenvalue weighted by Gasteiger charge is 2.39. The summed E-state index contributed by atoms with van der Waals surface area (Å²) in [6.45, 7) is 3.70. The van der Waals surface area contributed by atoms with E-state index < -0.39 is 84.5 Å². The standard InChI is InChI=1S/C44H82O16P2/c1-4-5-18-24-36(45)28-29-40-39(41(47)30-42(40)48)25-20-16-17-21-26-43(49)56-33-38(34-59-62(54,55)58-32-37(46)31-57-61(51,52)53)60-44(50)27-22-15-13-11-9-7-6-8-10-12-14-19-23-35(2)3/h16,20,28-29,35-42,45-48H,4-15,17-19,21-27,30-34H2,1-3H3,(H,54,55)(H2,51,52,53)/b20-16+,29-28+/t36-,37-,38+,39+,40+,41-,42+/m0/s1. The van der Waals surface area contributed by atoms with Gasteiger partial charge in [-0.25, -0.2) is 9.13 Å². The van der Waals surface area contributed by atoms with E-state index in [0.717, 1.165) is 50.9 Å². The minimum atomic E-state index is -4.89. The molecule has 0 saturated heterocycles. The Morgan fingerprint density at radius 2 is 1.24 bits per heavy atom. The van der Waals surface area contributed by atoms with Crippen LogP contribution in [0, 0.1) is 17.8 Å². The molecule has 62 heavy (non-hydrogen) atoms. The third-order valence-corrected chi connectivity index (χ3v) is 12.3. The maximum atomic E-state index is 12.7. The van der Waals surface area contributed by atoms with Crippen molar-refractivity contribution >= 4 is 27.6 Å². The first-order chi connectivity index (χ1) is 29.4. The van der Waals surface area contributed by atoms with Gasteiger partial charge in [0.25, 0.3) is 0 Å². The Labute approximate surface area is 371 Å². The SMILES string of the molecule is CCCCC[C@H](O)/C=C/[C@@H]1[C@@H](C/C=C/CCCC(=O)OC[C@H](COP(=O)(O)OC[C@@H](O)COP(=O)(O)O)OC(=O)CCCCCCCCCCCCCCC(C)C)[C@@H](O)C[C@H]1O. The summed E-state index contributed by atoms with van der Waals surface area (Å²) in [6, 6.07) is 0. The molecule has 0 aromatic carbocycles. The number of phosphoric ester groups is 2. The van der Waals surface area contributed by atoms with Crippen LogP contribution in [0.5, 0.6) is 0 Å². The van der Waals surface area contributed by atoms with E-state index in [1.165, 1.54) is 51.4 Å². The van der Waals surface area contributed by atoms with E-state index in [-0.39, 0.29) is 31.1 Å². The summed E-state index contributed by atoms with van der Waals surface area (Å²) >= 11 is 0. The average Bonchev–Trinajstić information content (AvgIpc) is 3.47. The van der Waals surface area contributed by atoms with Crippen molar-refractivity contribution in [2.24, 2.45) is 17.8 Å². The number of ether oxygens (including phenoxy) is 2. The summed E-state index contributed by atoms with van der Waals surface area (Å²) in [5, 5.41) is 41.1. The highest BCUT2D eigenvalue weighted by Crippen LogP contribution is 2.44. The molecule has 8 atom stereocenters. The molecule has 1 unspecified atom stereocenters. The van der Waals surface area contributed by atoms with Gasteiger partial charge in [0.05, 0.1) is 38.1 Å². The number of aliphatic hydroxyl groups excluding tert-OH is 4. The Morgan fingerprint density at radius 1 is 0.677 bits per heavy atom. The van der Waals surface area contributed by atoms with E-state index >= 15 is 0 Å². The highest BCUT2D eigenvalue weighted by atomic mass is 31.2. The molecule has 0 aliphatic heterocycles. The van der Waals surface area contributed by atoms with Crippen molar-refractivity contribution in [1.82, 2.24) is 0 Å². The summed E-state index contributed by atoms with van der Waals surface area (Å²) in [7, 11) is -9.76. The number of unbranched alkanes of at least 4 members (excludes halogenated alkanes) is 14. The van der Waals surface area contributed by atoms with Crippen LogP contribution in [-0.2, 0) is 41.8 Å². The predicted molar refractivity (Wildman–Crippen MR) is 237 cm³/mol. The molecule has 1 rings (SSSR count). The van der Waals surface area contributed by atoms with Gasteiger partial charge in [-0.1, -0.05) is 141 Å². The molecule has 7 N–H and O–H groups in total. The van der Waals surface area contributed by atoms with Gasteiger partial charge in [-0.2, -0.15) is 0 Å². The van der Waals surface area contributed by atoms with Gasteiger partial charge in [0, 0.05) is 25.2 Å². The van der Waals surface area contributed by atoms with Gasteiger partial charge < -0.3 is 44.6 Å². The molecule has 18 heteroatoms. The van der Waals surface area contributed by atoms with Crippen LogP contribution in [0.1, 0.15) is 168 Å². The molecular weight excluding hydrogens is 846 g/mol. The topological polar surface area (TPSA) is 256 Å². The lowest BCUT2D eigenvalue weighted by Gasteiger charge is -2.20. The number of aliphatic hydroxyl groups is 4. The van der Waals surface area contributed by atoms with Crippen LogP contribution in [0.3, 0.4) is 0 Å². The molecule has 0 aromatic rings. The minimum absolute atomic E-state index is 0.0204.